The first kappa shape index (κ1) is 14.2. The van der Waals surface area contributed by atoms with Gasteiger partial charge in [-0.05, 0) is 44.5 Å². The van der Waals surface area contributed by atoms with Gasteiger partial charge in [-0.25, -0.2) is 18.1 Å². The number of hydrogen-bond donors (Lipinski definition) is 2. The molecule has 0 bridgehead atoms. The zero-order chi connectivity index (χ0) is 14.9. The maximum absolute atomic E-state index is 12.2. The van der Waals surface area contributed by atoms with Gasteiger partial charge in [0.1, 0.15) is 0 Å². The standard InChI is InChI=1S/C12H15N5O2S/c1-7-4-10(13)6-11(5-7)20(18,19)17-12-14-8(2)9(3)15-16-12/h4-6H,13H2,1-3H3,(H,14,16,17). The van der Waals surface area contributed by atoms with E-state index in [1.54, 1.807) is 26.8 Å². The molecule has 0 spiro atoms. The Balaban J connectivity index is 2.37. The molecule has 0 radical (unpaired) electrons. The number of nitrogen functional groups attached to an aromatic ring is 1. The highest BCUT2D eigenvalue weighted by molar-refractivity contribution is 7.92. The lowest BCUT2D eigenvalue weighted by atomic mass is 10.2. The molecule has 0 fully saturated rings. The molecule has 0 aliphatic carbocycles. The summed E-state index contributed by atoms with van der Waals surface area (Å²) in [5.74, 6) is -0.0619. The number of nitrogens with one attached hydrogen (secondary N) is 1. The minimum absolute atomic E-state index is 0.0619. The molecule has 0 amide bonds. The third-order valence-electron chi connectivity index (χ3n) is 2.70. The van der Waals surface area contributed by atoms with Crippen molar-refractivity contribution in [2.24, 2.45) is 0 Å². The first-order valence-corrected chi connectivity index (χ1v) is 7.34. The van der Waals surface area contributed by atoms with E-state index in [2.05, 4.69) is 19.9 Å². The van der Waals surface area contributed by atoms with E-state index >= 15 is 0 Å². The monoisotopic (exact) mass is 293 g/mol. The fourth-order valence-corrected chi connectivity index (χ4v) is 2.69. The predicted octanol–water partition coefficient (Wildman–Crippen LogP) is 1.18. The molecule has 7 nitrogen and oxygen atoms in total. The minimum Gasteiger partial charge on any atom is -0.399 e. The molecule has 0 atom stereocenters. The van der Waals surface area contributed by atoms with Crippen LogP contribution in [0.3, 0.4) is 0 Å². The van der Waals surface area contributed by atoms with Crippen LogP contribution in [0.25, 0.3) is 0 Å². The Morgan fingerprint density at radius 3 is 2.35 bits per heavy atom. The van der Waals surface area contributed by atoms with Crippen molar-refractivity contribution in [3.63, 3.8) is 0 Å². The fraction of sp³-hybridized carbons (Fsp3) is 0.250. The SMILES string of the molecule is Cc1cc(N)cc(S(=O)(=O)Nc2nnc(C)c(C)n2)c1. The van der Waals surface area contributed by atoms with Crippen molar-refractivity contribution in [2.75, 3.05) is 10.5 Å². The summed E-state index contributed by atoms with van der Waals surface area (Å²) >= 11 is 0. The average Bonchev–Trinajstić information content (AvgIpc) is 2.32. The summed E-state index contributed by atoms with van der Waals surface area (Å²) in [7, 11) is -3.78. The number of anilines is 2. The van der Waals surface area contributed by atoms with Gasteiger partial charge in [0, 0.05) is 5.69 Å². The molecule has 1 heterocycles. The second-order valence-corrected chi connectivity index (χ2v) is 6.17. The minimum atomic E-state index is -3.78. The summed E-state index contributed by atoms with van der Waals surface area (Å²) in [6.07, 6.45) is 0. The number of nitrogens with two attached hydrogens (primary N) is 1. The van der Waals surface area contributed by atoms with Gasteiger partial charge in [-0.1, -0.05) is 0 Å². The molecule has 20 heavy (non-hydrogen) atoms. The fourth-order valence-electron chi connectivity index (χ4n) is 1.61. The lowest BCUT2D eigenvalue weighted by molar-refractivity contribution is 0.600. The van der Waals surface area contributed by atoms with Gasteiger partial charge in [-0.15, -0.1) is 5.10 Å². The van der Waals surface area contributed by atoms with Gasteiger partial charge < -0.3 is 5.73 Å². The second-order valence-electron chi connectivity index (χ2n) is 4.49. The molecule has 1 aromatic heterocycles. The molecular weight excluding hydrogens is 278 g/mol. The molecule has 0 aliphatic rings. The quantitative estimate of drug-likeness (QED) is 0.822. The van der Waals surface area contributed by atoms with Crippen LogP contribution in [0.1, 0.15) is 17.0 Å². The van der Waals surface area contributed by atoms with Crippen molar-refractivity contribution >= 4 is 21.7 Å². The summed E-state index contributed by atoms with van der Waals surface area (Å²) < 4.78 is 26.7. The van der Waals surface area contributed by atoms with E-state index in [4.69, 9.17) is 5.73 Å². The summed E-state index contributed by atoms with van der Waals surface area (Å²) in [5.41, 5.74) is 8.05. The Morgan fingerprint density at radius 1 is 1.05 bits per heavy atom. The van der Waals surface area contributed by atoms with Crippen LogP contribution in [0.15, 0.2) is 23.1 Å². The highest BCUT2D eigenvalue weighted by Crippen LogP contribution is 2.18. The van der Waals surface area contributed by atoms with E-state index in [9.17, 15) is 8.42 Å². The summed E-state index contributed by atoms with van der Waals surface area (Å²) in [6, 6.07) is 4.59. The Kier molecular flexibility index (Phi) is 3.58. The Morgan fingerprint density at radius 2 is 1.75 bits per heavy atom. The van der Waals surface area contributed by atoms with Crippen LogP contribution in [0.4, 0.5) is 11.6 Å². The van der Waals surface area contributed by atoms with Gasteiger partial charge in [-0.2, -0.15) is 5.10 Å². The first-order chi connectivity index (χ1) is 9.28. The Hall–Kier alpha value is -2.22. The predicted molar refractivity (Wildman–Crippen MR) is 75.7 cm³/mol. The van der Waals surface area contributed by atoms with Gasteiger partial charge in [0.2, 0.25) is 0 Å². The van der Waals surface area contributed by atoms with Crippen molar-refractivity contribution in [1.82, 2.24) is 15.2 Å². The molecule has 0 aliphatic heterocycles. The molecule has 2 aromatic rings. The lowest BCUT2D eigenvalue weighted by Gasteiger charge is -2.08. The summed E-state index contributed by atoms with van der Waals surface area (Å²) in [5, 5.41) is 7.54. The molecule has 2 rings (SSSR count). The molecule has 1 aromatic carbocycles. The largest absolute Gasteiger partial charge is 0.399 e. The second kappa shape index (κ2) is 5.04. The van der Waals surface area contributed by atoms with Crippen LogP contribution < -0.4 is 10.5 Å². The molecule has 0 unspecified atom stereocenters. The van der Waals surface area contributed by atoms with Crippen LogP contribution in [0.5, 0.6) is 0 Å². The highest BCUT2D eigenvalue weighted by atomic mass is 32.2. The van der Waals surface area contributed by atoms with E-state index in [1.807, 2.05) is 0 Å². The van der Waals surface area contributed by atoms with E-state index in [0.29, 0.717) is 17.1 Å². The summed E-state index contributed by atoms with van der Waals surface area (Å²) in [4.78, 5) is 4.10. The molecule has 106 valence electrons. The number of sulfonamides is 1. The maximum Gasteiger partial charge on any atom is 0.264 e. The van der Waals surface area contributed by atoms with E-state index in [0.717, 1.165) is 5.56 Å². The zero-order valence-corrected chi connectivity index (χ0v) is 12.2. The molecule has 8 heteroatoms. The van der Waals surface area contributed by atoms with Crippen LogP contribution >= 0.6 is 0 Å². The normalized spacial score (nSPS) is 11.3. The maximum atomic E-state index is 12.2. The van der Waals surface area contributed by atoms with E-state index in [1.165, 1.54) is 12.1 Å². The van der Waals surface area contributed by atoms with E-state index < -0.39 is 10.0 Å². The van der Waals surface area contributed by atoms with Crippen LogP contribution in [0, 0.1) is 20.8 Å². The van der Waals surface area contributed by atoms with Gasteiger partial charge in [0.15, 0.2) is 0 Å². The smallest absolute Gasteiger partial charge is 0.264 e. The number of hydrogen-bond acceptors (Lipinski definition) is 6. The van der Waals surface area contributed by atoms with E-state index in [-0.39, 0.29) is 10.8 Å². The highest BCUT2D eigenvalue weighted by Gasteiger charge is 2.17. The van der Waals surface area contributed by atoms with Crippen LogP contribution in [-0.2, 0) is 10.0 Å². The summed E-state index contributed by atoms with van der Waals surface area (Å²) in [6.45, 7) is 5.24. The van der Waals surface area contributed by atoms with Crippen LogP contribution in [-0.4, -0.2) is 23.6 Å². The number of aromatic nitrogens is 3. The average molecular weight is 293 g/mol. The number of aryl methyl sites for hydroxylation is 3. The Labute approximate surface area is 117 Å². The van der Waals surface area contributed by atoms with Gasteiger partial charge in [-0.3, -0.25) is 0 Å². The zero-order valence-electron chi connectivity index (χ0n) is 11.4. The van der Waals surface area contributed by atoms with Gasteiger partial charge in [0.25, 0.3) is 16.0 Å². The molecule has 0 saturated heterocycles. The van der Waals surface area contributed by atoms with Crippen molar-refractivity contribution in [3.05, 3.63) is 35.2 Å². The molecular formula is C12H15N5O2S. The number of nitrogens with zero attached hydrogens (tertiary/aromatic N) is 3. The first-order valence-electron chi connectivity index (χ1n) is 5.86. The third-order valence-corrected chi connectivity index (χ3v) is 4.01. The topological polar surface area (TPSA) is 111 Å². The van der Waals surface area contributed by atoms with Crippen molar-refractivity contribution in [3.8, 4) is 0 Å². The van der Waals surface area contributed by atoms with Crippen LogP contribution in [0.2, 0.25) is 0 Å². The molecule has 3 N–H and O–H groups in total. The van der Waals surface area contributed by atoms with Crippen molar-refractivity contribution < 1.29 is 8.42 Å². The Bertz CT molecular complexity index is 738. The lowest BCUT2D eigenvalue weighted by Crippen LogP contribution is -2.16. The number of benzene rings is 1. The van der Waals surface area contributed by atoms with Gasteiger partial charge in [0.05, 0.1) is 16.3 Å². The van der Waals surface area contributed by atoms with Crippen molar-refractivity contribution in [2.45, 2.75) is 25.7 Å². The van der Waals surface area contributed by atoms with Gasteiger partial charge >= 0.3 is 0 Å². The van der Waals surface area contributed by atoms with Crippen molar-refractivity contribution in [1.29, 1.82) is 0 Å². The molecule has 0 saturated carbocycles. The number of rotatable bonds is 3. The third kappa shape index (κ3) is 3.02.